The minimum atomic E-state index is -0.766. The summed E-state index contributed by atoms with van der Waals surface area (Å²) in [5.41, 5.74) is 11.7. The summed E-state index contributed by atoms with van der Waals surface area (Å²) >= 11 is 0. The van der Waals surface area contributed by atoms with E-state index >= 15 is 0 Å². The fourth-order valence-electron chi connectivity index (χ4n) is 4.17. The van der Waals surface area contributed by atoms with Gasteiger partial charge in [-0.1, -0.05) is 68.5 Å². The van der Waals surface area contributed by atoms with Crippen molar-refractivity contribution in [3.05, 3.63) is 95.3 Å². The number of unbranched alkanes of at least 4 members (excludes halogenated alkanes) is 1. The van der Waals surface area contributed by atoms with E-state index in [0.717, 1.165) is 21.8 Å². The second-order valence-corrected chi connectivity index (χ2v) is 9.89. The van der Waals surface area contributed by atoms with Crippen LogP contribution in [0, 0.1) is 0 Å². The number of primary amides is 1. The minimum absolute atomic E-state index is 0.0281. The molecule has 0 saturated heterocycles. The zero-order valence-electron chi connectivity index (χ0n) is 23.8. The van der Waals surface area contributed by atoms with E-state index in [1.54, 1.807) is 19.1 Å². The van der Waals surface area contributed by atoms with Crippen molar-refractivity contribution in [2.75, 3.05) is 6.61 Å². The molecule has 216 valence electrons. The highest BCUT2D eigenvalue weighted by molar-refractivity contribution is 5.98. The number of nitrogens with one attached hydrogen (secondary N) is 2. The Kier molecular flexibility index (Phi) is 11.5. The number of ether oxygens (including phenoxy) is 1. The van der Waals surface area contributed by atoms with Crippen molar-refractivity contribution in [2.45, 2.75) is 58.8 Å². The van der Waals surface area contributed by atoms with Gasteiger partial charge in [-0.05, 0) is 67.0 Å². The van der Waals surface area contributed by atoms with E-state index in [2.05, 4.69) is 36.4 Å². The number of benzene rings is 2. The third kappa shape index (κ3) is 9.20. The average Bonchev–Trinajstić information content (AvgIpc) is 3.46. The quantitative estimate of drug-likeness (QED) is 0.117. The average molecular weight is 559 g/mol. The third-order valence-corrected chi connectivity index (χ3v) is 6.42. The molecule has 0 radical (unpaired) electrons. The van der Waals surface area contributed by atoms with E-state index in [4.69, 9.17) is 10.5 Å². The fraction of sp³-hybridized carbons (Fsp3) is 0.312. The van der Waals surface area contributed by atoms with Gasteiger partial charge in [0, 0.05) is 18.5 Å². The topological polar surface area (TPSA) is 135 Å². The molecule has 0 aliphatic carbocycles. The van der Waals surface area contributed by atoms with Gasteiger partial charge in [0.05, 0.1) is 6.61 Å². The summed E-state index contributed by atoms with van der Waals surface area (Å²) in [5.74, 6) is -1.98. The van der Waals surface area contributed by atoms with Gasteiger partial charge in [0.25, 0.3) is 5.91 Å². The number of allylic oxidation sites excluding steroid dienone is 1. The van der Waals surface area contributed by atoms with E-state index in [-0.39, 0.29) is 37.3 Å². The number of H-pyrrole nitrogens is 1. The van der Waals surface area contributed by atoms with Crippen molar-refractivity contribution < 1.29 is 23.9 Å². The van der Waals surface area contributed by atoms with Crippen molar-refractivity contribution in [1.29, 1.82) is 0 Å². The Morgan fingerprint density at radius 2 is 1.76 bits per heavy atom. The van der Waals surface area contributed by atoms with Crippen LogP contribution in [-0.2, 0) is 25.5 Å². The van der Waals surface area contributed by atoms with Crippen LogP contribution in [0.25, 0.3) is 11.3 Å². The summed E-state index contributed by atoms with van der Waals surface area (Å²) < 4.78 is 5.20. The van der Waals surface area contributed by atoms with Crippen molar-refractivity contribution in [1.82, 2.24) is 15.4 Å². The van der Waals surface area contributed by atoms with Crippen LogP contribution in [0.15, 0.2) is 78.5 Å². The molecule has 0 saturated carbocycles. The van der Waals surface area contributed by atoms with Gasteiger partial charge in [-0.3, -0.25) is 19.8 Å². The monoisotopic (exact) mass is 558 g/mol. The standard InChI is InChI=1S/C32H38N4O5/c1-4-41-32(40)28(15-8-9-16-29(33)37)36(30(38)20-17-23-11-6-5-7-12-23)35-31(39)27-19-18-26(34-27)25-14-10-13-24(21-25)22(2)3/h5-7,10-15,18-19,21-22,34H,4,8-9,16-17,20H2,1-3H3,(H2,33,37)(H,35,39)/b28-15-. The number of aromatic amines is 1. The highest BCUT2D eigenvalue weighted by Gasteiger charge is 2.27. The number of carbonyl (C=O) groups excluding carboxylic acids is 4. The molecule has 9 nitrogen and oxygen atoms in total. The van der Waals surface area contributed by atoms with Crippen molar-refractivity contribution in [3.8, 4) is 11.3 Å². The highest BCUT2D eigenvalue weighted by atomic mass is 16.5. The van der Waals surface area contributed by atoms with Crippen molar-refractivity contribution >= 4 is 23.7 Å². The Morgan fingerprint density at radius 3 is 2.44 bits per heavy atom. The van der Waals surface area contributed by atoms with Gasteiger partial charge in [-0.25, -0.2) is 9.80 Å². The number of carbonyl (C=O) groups is 4. The van der Waals surface area contributed by atoms with Crippen LogP contribution in [0.1, 0.15) is 74.0 Å². The van der Waals surface area contributed by atoms with Crippen LogP contribution < -0.4 is 11.2 Å². The molecule has 4 N–H and O–H groups in total. The first-order valence-corrected chi connectivity index (χ1v) is 13.8. The lowest BCUT2D eigenvalue weighted by Gasteiger charge is -2.25. The van der Waals surface area contributed by atoms with Crippen LogP contribution in [0.4, 0.5) is 0 Å². The molecular weight excluding hydrogens is 520 g/mol. The Balaban J connectivity index is 1.88. The van der Waals surface area contributed by atoms with E-state index in [1.807, 2.05) is 42.5 Å². The molecule has 9 heteroatoms. The zero-order valence-corrected chi connectivity index (χ0v) is 23.8. The van der Waals surface area contributed by atoms with E-state index in [1.165, 1.54) is 11.6 Å². The molecule has 0 unspecified atom stereocenters. The molecule has 0 spiro atoms. The maximum absolute atomic E-state index is 13.5. The van der Waals surface area contributed by atoms with Crippen molar-refractivity contribution in [2.24, 2.45) is 5.73 Å². The summed E-state index contributed by atoms with van der Waals surface area (Å²) in [4.78, 5) is 54.1. The van der Waals surface area contributed by atoms with Crippen LogP contribution >= 0.6 is 0 Å². The van der Waals surface area contributed by atoms with Gasteiger partial charge in [0.2, 0.25) is 11.8 Å². The van der Waals surface area contributed by atoms with E-state index in [9.17, 15) is 19.2 Å². The molecule has 1 heterocycles. The fourth-order valence-corrected chi connectivity index (χ4v) is 4.17. The zero-order chi connectivity index (χ0) is 29.8. The molecule has 41 heavy (non-hydrogen) atoms. The summed E-state index contributed by atoms with van der Waals surface area (Å²) in [6, 6.07) is 20.9. The summed E-state index contributed by atoms with van der Waals surface area (Å²) in [6.07, 6.45) is 2.67. The van der Waals surface area contributed by atoms with Gasteiger partial charge in [0.1, 0.15) is 11.4 Å². The lowest BCUT2D eigenvalue weighted by molar-refractivity contribution is -0.145. The SMILES string of the molecule is CCOC(=O)/C(=C/CCCC(N)=O)N(NC(=O)c1ccc(-c2cccc(C(C)C)c2)[nH]1)C(=O)CCc1ccccc1. The summed E-state index contributed by atoms with van der Waals surface area (Å²) in [7, 11) is 0. The molecule has 2 aromatic carbocycles. The first-order chi connectivity index (χ1) is 19.7. The largest absolute Gasteiger partial charge is 0.461 e. The number of hydrogen-bond acceptors (Lipinski definition) is 5. The molecule has 0 atom stereocenters. The van der Waals surface area contributed by atoms with E-state index < -0.39 is 23.7 Å². The Labute approximate surface area is 240 Å². The van der Waals surface area contributed by atoms with E-state index in [0.29, 0.717) is 18.8 Å². The second-order valence-electron chi connectivity index (χ2n) is 9.89. The number of amides is 3. The molecule has 3 aromatic rings. The smallest absolute Gasteiger partial charge is 0.356 e. The number of esters is 1. The lowest BCUT2D eigenvalue weighted by atomic mass is 10.00. The molecule has 3 amide bonds. The summed E-state index contributed by atoms with van der Waals surface area (Å²) in [5, 5.41) is 0.952. The molecular formula is C32H38N4O5. The molecule has 0 bridgehead atoms. The Hall–Kier alpha value is -4.66. The maximum Gasteiger partial charge on any atom is 0.356 e. The van der Waals surface area contributed by atoms with Gasteiger partial charge in [0.15, 0.2) is 0 Å². The number of aryl methyl sites for hydroxylation is 1. The third-order valence-electron chi connectivity index (χ3n) is 6.42. The normalized spacial score (nSPS) is 11.3. The van der Waals surface area contributed by atoms with Gasteiger partial charge in [-0.15, -0.1) is 0 Å². The lowest BCUT2D eigenvalue weighted by Crippen LogP contribution is -2.47. The predicted molar refractivity (Wildman–Crippen MR) is 157 cm³/mol. The van der Waals surface area contributed by atoms with Gasteiger partial charge >= 0.3 is 5.97 Å². The Bertz CT molecular complexity index is 1380. The van der Waals surface area contributed by atoms with Gasteiger partial charge in [-0.2, -0.15) is 0 Å². The van der Waals surface area contributed by atoms with Crippen LogP contribution in [0.3, 0.4) is 0 Å². The van der Waals surface area contributed by atoms with Crippen LogP contribution in [0.5, 0.6) is 0 Å². The summed E-state index contributed by atoms with van der Waals surface area (Å²) in [6.45, 7) is 5.95. The maximum atomic E-state index is 13.5. The van der Waals surface area contributed by atoms with Gasteiger partial charge < -0.3 is 15.5 Å². The first-order valence-electron chi connectivity index (χ1n) is 13.8. The number of hydrogen-bond donors (Lipinski definition) is 3. The number of nitrogens with zero attached hydrogens (tertiary/aromatic N) is 1. The number of nitrogens with two attached hydrogens (primary N) is 1. The molecule has 3 rings (SSSR count). The minimum Gasteiger partial charge on any atom is -0.461 e. The molecule has 0 aliphatic rings. The molecule has 0 aliphatic heterocycles. The molecule has 1 aromatic heterocycles. The second kappa shape index (κ2) is 15.2. The van der Waals surface area contributed by atoms with Crippen molar-refractivity contribution in [3.63, 3.8) is 0 Å². The first kappa shape index (κ1) is 30.9. The number of hydrazine groups is 1. The number of rotatable bonds is 13. The number of aromatic nitrogens is 1. The predicted octanol–water partition coefficient (Wildman–Crippen LogP) is 5.01. The van der Waals surface area contributed by atoms with Crippen LogP contribution in [0.2, 0.25) is 0 Å². The Morgan fingerprint density at radius 1 is 1.00 bits per heavy atom. The highest BCUT2D eigenvalue weighted by Crippen LogP contribution is 2.24. The molecule has 0 fully saturated rings. The van der Waals surface area contributed by atoms with Crippen LogP contribution in [-0.4, -0.2) is 40.3 Å².